The number of amides is 1. The lowest BCUT2D eigenvalue weighted by molar-refractivity contribution is 0.0997. The number of aromatic nitrogens is 1. The summed E-state index contributed by atoms with van der Waals surface area (Å²) >= 11 is 7.74. The van der Waals surface area contributed by atoms with Crippen LogP contribution in [0.4, 0.5) is 0 Å². The van der Waals surface area contributed by atoms with Crippen molar-refractivity contribution in [1.29, 1.82) is 0 Å². The number of halogens is 1. The number of carbonyl (C=O) groups excluding carboxylic acids is 1. The molecule has 10 heteroatoms. The predicted molar refractivity (Wildman–Crippen MR) is 147 cm³/mol. The van der Waals surface area contributed by atoms with E-state index in [4.69, 9.17) is 16.3 Å². The standard InChI is InChI=1S/C27H28ClN3O4S2/c1-4-30(18-20-8-6-5-7-9-20)37(33,34)22-12-10-21(11-13-22)26(32)29-27-31(16-17-35-3)25-19(2)23(28)14-15-24(25)36-27/h5-15H,4,16-18H2,1-3H3. The molecule has 1 amide bonds. The fourth-order valence-corrected chi connectivity index (χ4v) is 6.72. The summed E-state index contributed by atoms with van der Waals surface area (Å²) in [6, 6.07) is 19.1. The maximum absolute atomic E-state index is 13.2. The molecule has 1 aromatic heterocycles. The second-order valence-corrected chi connectivity index (χ2v) is 11.8. The lowest BCUT2D eigenvalue weighted by atomic mass is 10.2. The summed E-state index contributed by atoms with van der Waals surface area (Å²) in [6.07, 6.45) is 0. The van der Waals surface area contributed by atoms with E-state index in [2.05, 4.69) is 4.99 Å². The minimum absolute atomic E-state index is 0.129. The van der Waals surface area contributed by atoms with Crippen LogP contribution in [0.25, 0.3) is 10.2 Å². The highest BCUT2D eigenvalue weighted by Crippen LogP contribution is 2.27. The monoisotopic (exact) mass is 557 g/mol. The Hall–Kier alpha value is -2.82. The third-order valence-electron chi connectivity index (χ3n) is 6.04. The minimum atomic E-state index is -3.73. The lowest BCUT2D eigenvalue weighted by Gasteiger charge is -2.20. The summed E-state index contributed by atoms with van der Waals surface area (Å²) in [5.74, 6) is -0.456. The first-order valence-electron chi connectivity index (χ1n) is 11.8. The van der Waals surface area contributed by atoms with Crippen LogP contribution in [0.5, 0.6) is 0 Å². The van der Waals surface area contributed by atoms with Crippen LogP contribution >= 0.6 is 22.9 Å². The van der Waals surface area contributed by atoms with E-state index in [1.807, 2.05) is 54.0 Å². The number of sulfonamides is 1. The number of nitrogens with zero attached hydrogens (tertiary/aromatic N) is 3. The van der Waals surface area contributed by atoms with E-state index in [-0.39, 0.29) is 11.4 Å². The Bertz CT molecular complexity index is 1580. The molecule has 194 valence electrons. The van der Waals surface area contributed by atoms with Crippen LogP contribution in [0.2, 0.25) is 5.02 Å². The molecule has 0 saturated heterocycles. The Morgan fingerprint density at radius 1 is 1.08 bits per heavy atom. The molecule has 0 unspecified atom stereocenters. The quantitative estimate of drug-likeness (QED) is 0.281. The third kappa shape index (κ3) is 5.86. The number of ether oxygens (including phenoxy) is 1. The topological polar surface area (TPSA) is 81.0 Å². The molecule has 0 spiro atoms. The summed E-state index contributed by atoms with van der Waals surface area (Å²) in [6.45, 7) is 5.29. The van der Waals surface area contributed by atoms with Gasteiger partial charge >= 0.3 is 0 Å². The molecule has 0 atom stereocenters. The Morgan fingerprint density at radius 2 is 1.78 bits per heavy atom. The summed E-state index contributed by atoms with van der Waals surface area (Å²) in [5, 5.41) is 0.638. The van der Waals surface area contributed by atoms with Crippen LogP contribution in [0.15, 0.2) is 76.6 Å². The van der Waals surface area contributed by atoms with Gasteiger partial charge in [0.05, 0.1) is 21.7 Å². The zero-order chi connectivity index (χ0) is 26.6. The van der Waals surface area contributed by atoms with Crippen molar-refractivity contribution in [1.82, 2.24) is 8.87 Å². The number of hydrogen-bond donors (Lipinski definition) is 0. The normalized spacial score (nSPS) is 12.5. The number of fused-ring (bicyclic) bond motifs is 1. The average Bonchev–Trinajstić information content (AvgIpc) is 3.26. The predicted octanol–water partition coefficient (Wildman–Crippen LogP) is 5.26. The second kappa shape index (κ2) is 11.7. The van der Waals surface area contributed by atoms with Crippen molar-refractivity contribution < 1.29 is 17.9 Å². The summed E-state index contributed by atoms with van der Waals surface area (Å²) < 4.78 is 36.0. The van der Waals surface area contributed by atoms with Gasteiger partial charge in [-0.1, -0.05) is 60.2 Å². The van der Waals surface area contributed by atoms with Crippen molar-refractivity contribution >= 4 is 49.1 Å². The van der Waals surface area contributed by atoms with Gasteiger partial charge in [0.1, 0.15) is 0 Å². The first kappa shape index (κ1) is 27.2. The average molecular weight is 558 g/mol. The SMILES string of the molecule is CCN(Cc1ccccc1)S(=O)(=O)c1ccc(C(=O)N=c2sc3ccc(Cl)c(C)c3n2CCOC)cc1. The van der Waals surface area contributed by atoms with Gasteiger partial charge < -0.3 is 9.30 Å². The molecular weight excluding hydrogens is 530 g/mol. The Labute approximate surface area is 225 Å². The Kier molecular flexibility index (Phi) is 8.61. The van der Waals surface area contributed by atoms with E-state index in [1.165, 1.54) is 39.9 Å². The molecule has 0 fully saturated rings. The van der Waals surface area contributed by atoms with E-state index in [1.54, 1.807) is 14.0 Å². The van der Waals surface area contributed by atoms with Gasteiger partial charge in [0, 0.05) is 37.3 Å². The highest BCUT2D eigenvalue weighted by molar-refractivity contribution is 7.89. The summed E-state index contributed by atoms with van der Waals surface area (Å²) in [7, 11) is -2.11. The number of hydrogen-bond acceptors (Lipinski definition) is 5. The second-order valence-electron chi connectivity index (χ2n) is 8.41. The molecular formula is C27H28ClN3O4S2. The molecule has 4 rings (SSSR count). The van der Waals surface area contributed by atoms with Gasteiger partial charge in [0.25, 0.3) is 5.91 Å². The molecule has 4 aromatic rings. The smallest absolute Gasteiger partial charge is 0.279 e. The van der Waals surface area contributed by atoms with Gasteiger partial charge in [-0.05, 0) is 54.4 Å². The van der Waals surface area contributed by atoms with E-state index in [9.17, 15) is 13.2 Å². The van der Waals surface area contributed by atoms with Gasteiger partial charge in [-0.15, -0.1) is 0 Å². The number of thiazole rings is 1. The maximum atomic E-state index is 13.2. The fraction of sp³-hybridized carbons (Fsp3) is 0.259. The first-order valence-corrected chi connectivity index (χ1v) is 14.4. The maximum Gasteiger partial charge on any atom is 0.279 e. The molecule has 0 aliphatic rings. The molecule has 0 radical (unpaired) electrons. The van der Waals surface area contributed by atoms with Crippen LogP contribution in [0.3, 0.4) is 0 Å². The van der Waals surface area contributed by atoms with Crippen LogP contribution in [-0.2, 0) is 27.8 Å². The van der Waals surface area contributed by atoms with Crippen molar-refractivity contribution in [2.75, 3.05) is 20.3 Å². The largest absolute Gasteiger partial charge is 0.383 e. The van der Waals surface area contributed by atoms with Crippen LogP contribution < -0.4 is 4.80 Å². The summed E-state index contributed by atoms with van der Waals surface area (Å²) in [5.41, 5.74) is 3.03. The molecule has 1 heterocycles. The molecule has 0 aliphatic heterocycles. The van der Waals surface area contributed by atoms with Gasteiger partial charge in [-0.25, -0.2) is 8.42 Å². The third-order valence-corrected chi connectivity index (χ3v) is 9.43. The highest BCUT2D eigenvalue weighted by atomic mass is 35.5. The van der Waals surface area contributed by atoms with Crippen LogP contribution in [-0.4, -0.2) is 43.5 Å². The van der Waals surface area contributed by atoms with E-state index < -0.39 is 15.9 Å². The van der Waals surface area contributed by atoms with Crippen molar-refractivity contribution in [3.8, 4) is 0 Å². The molecule has 0 saturated carbocycles. The van der Waals surface area contributed by atoms with Crippen LogP contribution in [0, 0.1) is 6.92 Å². The van der Waals surface area contributed by atoms with Crippen molar-refractivity contribution in [3.63, 3.8) is 0 Å². The van der Waals surface area contributed by atoms with E-state index in [0.717, 1.165) is 21.3 Å². The molecule has 37 heavy (non-hydrogen) atoms. The molecule has 0 N–H and O–H groups in total. The van der Waals surface area contributed by atoms with Gasteiger partial charge in [-0.2, -0.15) is 9.30 Å². The van der Waals surface area contributed by atoms with E-state index >= 15 is 0 Å². The highest BCUT2D eigenvalue weighted by Gasteiger charge is 2.23. The molecule has 0 bridgehead atoms. The number of methoxy groups -OCH3 is 1. The van der Waals surface area contributed by atoms with Crippen molar-refractivity contribution in [3.05, 3.63) is 93.2 Å². The van der Waals surface area contributed by atoms with E-state index in [0.29, 0.717) is 35.1 Å². The number of aryl methyl sites for hydroxylation is 1. The number of rotatable bonds is 9. The molecule has 0 aliphatic carbocycles. The Morgan fingerprint density at radius 3 is 2.43 bits per heavy atom. The van der Waals surface area contributed by atoms with Gasteiger partial charge in [-0.3, -0.25) is 4.79 Å². The van der Waals surface area contributed by atoms with Gasteiger partial charge in [0.2, 0.25) is 10.0 Å². The van der Waals surface area contributed by atoms with Crippen LogP contribution in [0.1, 0.15) is 28.4 Å². The first-order chi connectivity index (χ1) is 17.8. The molecule has 7 nitrogen and oxygen atoms in total. The zero-order valence-corrected chi connectivity index (χ0v) is 23.2. The van der Waals surface area contributed by atoms with Crippen molar-refractivity contribution in [2.45, 2.75) is 31.8 Å². The summed E-state index contributed by atoms with van der Waals surface area (Å²) in [4.78, 5) is 18.1. The Balaban J connectivity index is 1.64. The fourth-order valence-electron chi connectivity index (χ4n) is 4.01. The zero-order valence-electron chi connectivity index (χ0n) is 20.8. The minimum Gasteiger partial charge on any atom is -0.383 e. The number of benzene rings is 3. The molecule has 3 aromatic carbocycles. The van der Waals surface area contributed by atoms with Gasteiger partial charge in [0.15, 0.2) is 4.80 Å². The number of carbonyl (C=O) groups is 1. The van der Waals surface area contributed by atoms with Crippen molar-refractivity contribution in [2.24, 2.45) is 4.99 Å². The lowest BCUT2D eigenvalue weighted by Crippen LogP contribution is -2.30.